The Morgan fingerprint density at radius 2 is 2.10 bits per heavy atom. The summed E-state index contributed by atoms with van der Waals surface area (Å²) in [5, 5.41) is 20.1. The number of carbonyl (C=O) groups is 1. The van der Waals surface area contributed by atoms with Gasteiger partial charge in [-0.05, 0) is 29.8 Å². The van der Waals surface area contributed by atoms with E-state index in [-0.39, 0.29) is 25.3 Å². The van der Waals surface area contributed by atoms with Crippen LogP contribution in [0.2, 0.25) is 5.02 Å². The first kappa shape index (κ1) is 20.0. The van der Waals surface area contributed by atoms with Crippen molar-refractivity contribution in [2.75, 3.05) is 26.3 Å². The van der Waals surface area contributed by atoms with Crippen molar-refractivity contribution in [2.45, 2.75) is 12.6 Å². The molecule has 10 nitrogen and oxygen atoms in total. The van der Waals surface area contributed by atoms with Crippen LogP contribution in [0.3, 0.4) is 0 Å². The second kappa shape index (κ2) is 8.64. The number of aromatic nitrogens is 3. The van der Waals surface area contributed by atoms with Gasteiger partial charge in [0.05, 0.1) is 17.7 Å². The van der Waals surface area contributed by atoms with Crippen LogP contribution in [-0.2, 0) is 6.54 Å². The largest absolute Gasteiger partial charge is 0.486 e. The average molecular weight is 434 g/mol. The van der Waals surface area contributed by atoms with Crippen LogP contribution < -0.4 is 25.8 Å². The SMILES string of the molecule is O=C(NCCn1nc2ccccn2c1=O)NCC(O)c1cc(Cl)c2c(c1)OCCO2. The van der Waals surface area contributed by atoms with Crippen LogP contribution >= 0.6 is 11.6 Å². The van der Waals surface area contributed by atoms with E-state index in [1.807, 2.05) is 0 Å². The van der Waals surface area contributed by atoms with Crippen molar-refractivity contribution in [3.8, 4) is 11.5 Å². The smallest absolute Gasteiger partial charge is 0.350 e. The zero-order chi connectivity index (χ0) is 21.1. The summed E-state index contributed by atoms with van der Waals surface area (Å²) in [6.45, 7) is 1.20. The lowest BCUT2D eigenvalue weighted by Gasteiger charge is -2.21. The zero-order valence-electron chi connectivity index (χ0n) is 15.9. The number of aliphatic hydroxyl groups is 1. The maximum absolute atomic E-state index is 12.2. The van der Waals surface area contributed by atoms with Gasteiger partial charge < -0.3 is 25.2 Å². The van der Waals surface area contributed by atoms with Crippen LogP contribution in [0.25, 0.3) is 5.65 Å². The molecular weight excluding hydrogens is 414 g/mol. The maximum atomic E-state index is 12.2. The molecule has 0 spiro atoms. The number of carbonyl (C=O) groups excluding carboxylic acids is 1. The van der Waals surface area contributed by atoms with Crippen LogP contribution in [0, 0.1) is 0 Å². The Balaban J connectivity index is 1.28. The van der Waals surface area contributed by atoms with Crippen LogP contribution in [0.15, 0.2) is 41.3 Å². The molecule has 1 aromatic carbocycles. The molecule has 158 valence electrons. The molecule has 1 aliphatic heterocycles. The highest BCUT2D eigenvalue weighted by Crippen LogP contribution is 2.39. The molecule has 0 saturated carbocycles. The van der Waals surface area contributed by atoms with Crippen molar-refractivity contribution in [1.29, 1.82) is 0 Å². The minimum Gasteiger partial charge on any atom is -0.486 e. The van der Waals surface area contributed by atoms with E-state index in [4.69, 9.17) is 21.1 Å². The summed E-state index contributed by atoms with van der Waals surface area (Å²) in [5.74, 6) is 0.914. The Bertz CT molecular complexity index is 1130. The van der Waals surface area contributed by atoms with E-state index in [9.17, 15) is 14.7 Å². The third-order valence-corrected chi connectivity index (χ3v) is 4.84. The summed E-state index contributed by atoms with van der Waals surface area (Å²) in [6.07, 6.45) is 0.650. The summed E-state index contributed by atoms with van der Waals surface area (Å²) in [6, 6.07) is 8.00. The number of ether oxygens (including phenoxy) is 2. The molecule has 30 heavy (non-hydrogen) atoms. The van der Waals surface area contributed by atoms with E-state index in [2.05, 4.69) is 15.7 Å². The molecule has 0 aliphatic carbocycles. The first-order valence-corrected chi connectivity index (χ1v) is 9.74. The van der Waals surface area contributed by atoms with Gasteiger partial charge in [-0.2, -0.15) is 0 Å². The Morgan fingerprint density at radius 1 is 1.27 bits per heavy atom. The first-order valence-electron chi connectivity index (χ1n) is 9.36. The predicted molar refractivity (Wildman–Crippen MR) is 108 cm³/mol. The molecule has 0 fully saturated rings. The lowest BCUT2D eigenvalue weighted by atomic mass is 10.1. The van der Waals surface area contributed by atoms with Gasteiger partial charge in [-0.3, -0.25) is 4.40 Å². The standard InChI is InChI=1S/C19H20ClN5O5/c20-13-9-12(10-15-17(13)30-8-7-29-15)14(26)11-22-18(27)21-4-6-25-19(28)24-5-2-1-3-16(24)23-25/h1-3,5,9-10,14,26H,4,6-8,11H2,(H2,21,22,27). The summed E-state index contributed by atoms with van der Waals surface area (Å²) < 4.78 is 13.6. The highest BCUT2D eigenvalue weighted by molar-refractivity contribution is 6.32. The fourth-order valence-electron chi connectivity index (χ4n) is 3.08. The molecule has 2 amide bonds. The molecular formula is C19H20ClN5O5. The van der Waals surface area contributed by atoms with Crippen LogP contribution in [0.1, 0.15) is 11.7 Å². The number of amides is 2. The Labute approximate surface area is 176 Å². The normalized spacial score (nSPS) is 13.8. The number of hydrogen-bond acceptors (Lipinski definition) is 6. The number of aliphatic hydroxyl groups excluding tert-OH is 1. The minimum atomic E-state index is -0.981. The molecule has 3 N–H and O–H groups in total. The fourth-order valence-corrected chi connectivity index (χ4v) is 3.36. The van der Waals surface area contributed by atoms with E-state index in [1.54, 1.807) is 36.5 Å². The summed E-state index contributed by atoms with van der Waals surface area (Å²) in [7, 11) is 0. The van der Waals surface area contributed by atoms with E-state index in [0.717, 1.165) is 0 Å². The third kappa shape index (κ3) is 4.19. The number of pyridine rings is 1. The van der Waals surface area contributed by atoms with Crippen molar-refractivity contribution in [3.05, 3.63) is 57.6 Å². The molecule has 0 radical (unpaired) electrons. The third-order valence-electron chi connectivity index (χ3n) is 4.56. The molecule has 3 aromatic rings. The van der Waals surface area contributed by atoms with Gasteiger partial charge in [0.15, 0.2) is 17.1 Å². The molecule has 4 rings (SSSR count). The minimum absolute atomic E-state index is 0.0316. The quantitative estimate of drug-likeness (QED) is 0.532. The lowest BCUT2D eigenvalue weighted by molar-refractivity contribution is 0.163. The van der Waals surface area contributed by atoms with Crippen molar-refractivity contribution in [1.82, 2.24) is 24.8 Å². The Morgan fingerprint density at radius 3 is 2.93 bits per heavy atom. The molecule has 1 unspecified atom stereocenters. The summed E-state index contributed by atoms with van der Waals surface area (Å²) in [5.41, 5.74) is 0.757. The lowest BCUT2D eigenvalue weighted by Crippen LogP contribution is -2.40. The summed E-state index contributed by atoms with van der Waals surface area (Å²) in [4.78, 5) is 24.2. The number of rotatable bonds is 6. The number of benzene rings is 1. The van der Waals surface area contributed by atoms with Crippen LogP contribution in [-0.4, -0.2) is 51.6 Å². The second-order valence-corrected chi connectivity index (χ2v) is 7.02. The molecule has 3 heterocycles. The average Bonchev–Trinajstić information content (AvgIpc) is 3.08. The number of nitrogens with one attached hydrogen (secondary N) is 2. The van der Waals surface area contributed by atoms with Gasteiger partial charge >= 0.3 is 11.7 Å². The zero-order valence-corrected chi connectivity index (χ0v) is 16.6. The van der Waals surface area contributed by atoms with Gasteiger partial charge in [0.25, 0.3) is 0 Å². The van der Waals surface area contributed by atoms with Crippen molar-refractivity contribution in [2.24, 2.45) is 0 Å². The van der Waals surface area contributed by atoms with Gasteiger partial charge in [-0.25, -0.2) is 14.3 Å². The number of urea groups is 1. The van der Waals surface area contributed by atoms with Gasteiger partial charge in [0.1, 0.15) is 13.2 Å². The van der Waals surface area contributed by atoms with Crippen molar-refractivity contribution in [3.63, 3.8) is 0 Å². The van der Waals surface area contributed by atoms with Crippen LogP contribution in [0.4, 0.5) is 4.79 Å². The van der Waals surface area contributed by atoms with Crippen molar-refractivity contribution < 1.29 is 19.4 Å². The predicted octanol–water partition coefficient (Wildman–Crippen LogP) is 0.953. The molecule has 1 aliphatic rings. The fraction of sp³-hybridized carbons (Fsp3) is 0.316. The number of nitrogens with zero attached hydrogens (tertiary/aromatic N) is 3. The maximum Gasteiger partial charge on any atom is 0.350 e. The molecule has 0 saturated heterocycles. The summed E-state index contributed by atoms with van der Waals surface area (Å²) >= 11 is 6.17. The molecule has 11 heteroatoms. The number of fused-ring (bicyclic) bond motifs is 2. The Kier molecular flexibility index (Phi) is 5.77. The van der Waals surface area contributed by atoms with E-state index >= 15 is 0 Å². The van der Waals surface area contributed by atoms with E-state index in [1.165, 1.54) is 9.08 Å². The number of hydrogen-bond donors (Lipinski definition) is 3. The highest BCUT2D eigenvalue weighted by atomic mass is 35.5. The van der Waals surface area contributed by atoms with Crippen LogP contribution in [0.5, 0.6) is 11.5 Å². The monoisotopic (exact) mass is 433 g/mol. The Hall–Kier alpha value is -3.24. The van der Waals surface area contributed by atoms with E-state index < -0.39 is 12.1 Å². The molecule has 1 atom stereocenters. The van der Waals surface area contributed by atoms with Gasteiger partial charge in [0, 0.05) is 19.3 Å². The topological polar surface area (TPSA) is 119 Å². The van der Waals surface area contributed by atoms with Gasteiger partial charge in [0.2, 0.25) is 0 Å². The van der Waals surface area contributed by atoms with E-state index in [0.29, 0.717) is 40.9 Å². The molecule has 0 bridgehead atoms. The highest BCUT2D eigenvalue weighted by Gasteiger charge is 2.20. The number of halogens is 1. The first-order chi connectivity index (χ1) is 14.5. The van der Waals surface area contributed by atoms with Gasteiger partial charge in [-0.15, -0.1) is 5.10 Å². The van der Waals surface area contributed by atoms with Gasteiger partial charge in [-0.1, -0.05) is 17.7 Å². The second-order valence-electron chi connectivity index (χ2n) is 6.61. The molecule has 2 aromatic heterocycles. The van der Waals surface area contributed by atoms with Crippen molar-refractivity contribution >= 4 is 23.3 Å².